The van der Waals surface area contributed by atoms with Crippen LogP contribution in [0.15, 0.2) is 6.07 Å². The minimum absolute atomic E-state index is 0.187. The van der Waals surface area contributed by atoms with Crippen LogP contribution in [0.25, 0.3) is 0 Å². The van der Waals surface area contributed by atoms with Crippen molar-refractivity contribution in [3.05, 3.63) is 33.9 Å². The van der Waals surface area contributed by atoms with Gasteiger partial charge in [0.25, 0.3) is 0 Å². The summed E-state index contributed by atoms with van der Waals surface area (Å²) in [6.07, 6.45) is 2.86. The van der Waals surface area contributed by atoms with E-state index in [9.17, 15) is 4.79 Å². The van der Waals surface area contributed by atoms with Crippen molar-refractivity contribution in [2.45, 2.75) is 71.6 Å². The normalized spacial score (nSPS) is 26.3. The van der Waals surface area contributed by atoms with Gasteiger partial charge < -0.3 is 0 Å². The van der Waals surface area contributed by atoms with Gasteiger partial charge in [-0.1, -0.05) is 40.7 Å². The Hall–Kier alpha value is -1.11. The number of carbonyl (C=O) groups is 1. The molecule has 3 rings (SSSR count). The highest BCUT2D eigenvalue weighted by Gasteiger charge is 2.45. The summed E-state index contributed by atoms with van der Waals surface area (Å²) in [5.74, 6) is 1.02. The molecule has 20 heavy (non-hydrogen) atoms. The van der Waals surface area contributed by atoms with E-state index in [-0.39, 0.29) is 10.8 Å². The van der Waals surface area contributed by atoms with Crippen molar-refractivity contribution in [1.82, 2.24) is 0 Å². The van der Waals surface area contributed by atoms with Gasteiger partial charge in [0.05, 0.1) is 0 Å². The minimum Gasteiger partial charge on any atom is -0.294 e. The number of Topliss-reactive ketones (excluding diaryl/α,β-unsaturated/α-hetero) is 1. The molecule has 1 aromatic carbocycles. The van der Waals surface area contributed by atoms with Gasteiger partial charge in [0.15, 0.2) is 5.78 Å². The zero-order valence-corrected chi connectivity index (χ0v) is 13.7. The van der Waals surface area contributed by atoms with E-state index in [1.165, 1.54) is 28.7 Å². The van der Waals surface area contributed by atoms with Crippen LogP contribution in [0.1, 0.15) is 80.1 Å². The van der Waals surface area contributed by atoms with Gasteiger partial charge in [-0.2, -0.15) is 0 Å². The monoisotopic (exact) mass is 270 g/mol. The first-order valence-electron chi connectivity index (χ1n) is 7.87. The van der Waals surface area contributed by atoms with E-state index in [1.807, 2.05) is 0 Å². The molecule has 0 aliphatic heterocycles. The average Bonchev–Trinajstić information content (AvgIpc) is 2.69. The molecule has 0 amide bonds. The van der Waals surface area contributed by atoms with Crippen LogP contribution in [0.3, 0.4) is 0 Å². The van der Waals surface area contributed by atoms with Gasteiger partial charge in [0, 0.05) is 12.0 Å². The number of fused-ring (bicyclic) bond motifs is 3. The molecule has 0 heterocycles. The second kappa shape index (κ2) is 3.96. The van der Waals surface area contributed by atoms with Gasteiger partial charge in [-0.3, -0.25) is 4.79 Å². The lowest BCUT2D eigenvalue weighted by atomic mass is 9.57. The number of rotatable bonds is 0. The number of hydrogen-bond donors (Lipinski definition) is 0. The zero-order chi connectivity index (χ0) is 14.9. The van der Waals surface area contributed by atoms with Gasteiger partial charge in [-0.25, -0.2) is 0 Å². The third-order valence-corrected chi connectivity index (χ3v) is 5.93. The maximum Gasteiger partial charge on any atom is 0.163 e. The first-order valence-corrected chi connectivity index (χ1v) is 7.87. The summed E-state index contributed by atoms with van der Waals surface area (Å²) in [5, 5.41) is 0. The quantitative estimate of drug-likeness (QED) is 0.666. The minimum atomic E-state index is 0.187. The van der Waals surface area contributed by atoms with Crippen LogP contribution in [0.2, 0.25) is 0 Å². The molecule has 0 radical (unpaired) electrons. The fourth-order valence-corrected chi connectivity index (χ4v) is 4.56. The first-order chi connectivity index (χ1) is 9.16. The summed E-state index contributed by atoms with van der Waals surface area (Å²) in [6, 6.07) is 2.31. The largest absolute Gasteiger partial charge is 0.294 e. The maximum absolute atomic E-state index is 12.2. The predicted molar refractivity (Wildman–Crippen MR) is 83.7 cm³/mol. The van der Waals surface area contributed by atoms with Crippen molar-refractivity contribution in [2.24, 2.45) is 5.92 Å². The van der Waals surface area contributed by atoms with E-state index in [1.54, 1.807) is 0 Å². The second-order valence-electron chi connectivity index (χ2n) is 8.10. The van der Waals surface area contributed by atoms with E-state index in [0.717, 1.165) is 12.0 Å². The lowest BCUT2D eigenvalue weighted by Crippen LogP contribution is -2.41. The number of ketones is 1. The van der Waals surface area contributed by atoms with Gasteiger partial charge in [-0.15, -0.1) is 0 Å². The molecule has 0 spiro atoms. The fourth-order valence-electron chi connectivity index (χ4n) is 4.56. The van der Waals surface area contributed by atoms with Crippen molar-refractivity contribution in [3.8, 4) is 0 Å². The summed E-state index contributed by atoms with van der Waals surface area (Å²) in [5.41, 5.74) is 6.98. The van der Waals surface area contributed by atoms with Crippen LogP contribution in [0, 0.1) is 12.8 Å². The van der Waals surface area contributed by atoms with E-state index in [2.05, 4.69) is 47.6 Å². The molecule has 2 aliphatic rings. The number of hydrogen-bond acceptors (Lipinski definition) is 1. The summed E-state index contributed by atoms with van der Waals surface area (Å²) in [7, 11) is 0. The molecule has 1 unspecified atom stereocenters. The summed E-state index contributed by atoms with van der Waals surface area (Å²) in [6.45, 7) is 13.9. The van der Waals surface area contributed by atoms with Crippen molar-refractivity contribution < 1.29 is 4.79 Å². The van der Waals surface area contributed by atoms with Gasteiger partial charge >= 0.3 is 0 Å². The Morgan fingerprint density at radius 1 is 1.15 bits per heavy atom. The van der Waals surface area contributed by atoms with E-state index >= 15 is 0 Å². The van der Waals surface area contributed by atoms with Crippen LogP contribution in [0.4, 0.5) is 0 Å². The van der Waals surface area contributed by atoms with Gasteiger partial charge in [-0.05, 0) is 58.8 Å². The first kappa shape index (κ1) is 13.9. The van der Waals surface area contributed by atoms with Crippen molar-refractivity contribution >= 4 is 5.78 Å². The Bertz CT molecular complexity index is 605. The fraction of sp³-hybridized carbons (Fsp3) is 0.632. The standard InChI is InChI=1S/C19H26O/c1-11-9-14-17(13-7-8-15(20)16(11)13)18(3,4)10-12(2)19(14,5)6/h9,12H,7-8,10H2,1-6H3. The molecule has 1 nitrogen and oxygen atoms in total. The van der Waals surface area contributed by atoms with Crippen LogP contribution in [-0.2, 0) is 17.3 Å². The van der Waals surface area contributed by atoms with Crippen LogP contribution in [-0.4, -0.2) is 5.78 Å². The molecule has 1 atom stereocenters. The summed E-state index contributed by atoms with van der Waals surface area (Å²) in [4.78, 5) is 12.2. The van der Waals surface area contributed by atoms with Crippen LogP contribution >= 0.6 is 0 Å². The molecule has 0 N–H and O–H groups in total. The highest BCUT2D eigenvalue weighted by molar-refractivity contribution is 6.02. The molecule has 0 bridgehead atoms. The van der Waals surface area contributed by atoms with Crippen molar-refractivity contribution in [2.75, 3.05) is 0 Å². The smallest absolute Gasteiger partial charge is 0.163 e. The molecule has 1 aromatic rings. The van der Waals surface area contributed by atoms with Gasteiger partial charge in [0.2, 0.25) is 0 Å². The molecule has 1 heteroatoms. The Morgan fingerprint density at radius 3 is 2.45 bits per heavy atom. The predicted octanol–water partition coefficient (Wildman–Crippen LogP) is 4.72. The molecule has 0 aromatic heterocycles. The van der Waals surface area contributed by atoms with Crippen LogP contribution in [0.5, 0.6) is 0 Å². The molecule has 0 saturated heterocycles. The van der Waals surface area contributed by atoms with E-state index in [0.29, 0.717) is 18.1 Å². The maximum atomic E-state index is 12.2. The Labute approximate surface area is 122 Å². The second-order valence-corrected chi connectivity index (χ2v) is 8.10. The summed E-state index contributed by atoms with van der Waals surface area (Å²) >= 11 is 0. The topological polar surface area (TPSA) is 17.1 Å². The summed E-state index contributed by atoms with van der Waals surface area (Å²) < 4.78 is 0. The zero-order valence-electron chi connectivity index (χ0n) is 13.7. The Morgan fingerprint density at radius 2 is 1.80 bits per heavy atom. The number of aryl methyl sites for hydroxylation is 1. The highest BCUT2D eigenvalue weighted by Crippen LogP contribution is 2.52. The Balaban J connectivity index is 2.38. The average molecular weight is 270 g/mol. The van der Waals surface area contributed by atoms with Crippen LogP contribution < -0.4 is 0 Å². The molecule has 2 aliphatic carbocycles. The SMILES string of the molecule is Cc1cc2c(c3c1C(=O)CC3)C(C)(C)CC(C)C2(C)C. The lowest BCUT2D eigenvalue weighted by molar-refractivity contribution is 0.0994. The molecular formula is C19H26O. The number of benzene rings is 1. The molecule has 0 fully saturated rings. The third-order valence-electron chi connectivity index (χ3n) is 5.93. The third kappa shape index (κ3) is 1.65. The Kier molecular flexibility index (Phi) is 2.74. The van der Waals surface area contributed by atoms with Crippen molar-refractivity contribution in [3.63, 3.8) is 0 Å². The highest BCUT2D eigenvalue weighted by atomic mass is 16.1. The van der Waals surface area contributed by atoms with Crippen molar-refractivity contribution in [1.29, 1.82) is 0 Å². The lowest BCUT2D eigenvalue weighted by Gasteiger charge is -2.47. The van der Waals surface area contributed by atoms with Gasteiger partial charge in [0.1, 0.15) is 0 Å². The molecular weight excluding hydrogens is 244 g/mol. The van der Waals surface area contributed by atoms with E-state index < -0.39 is 0 Å². The molecule has 108 valence electrons. The van der Waals surface area contributed by atoms with E-state index in [4.69, 9.17) is 0 Å². The number of carbonyl (C=O) groups excluding carboxylic acids is 1. The molecule has 0 saturated carbocycles.